The van der Waals surface area contributed by atoms with Crippen LogP contribution in [0.1, 0.15) is 46.1 Å². The second kappa shape index (κ2) is 6.04. The molecule has 1 aliphatic carbocycles. The smallest absolute Gasteiger partial charge is 0.412 e. The van der Waals surface area contributed by atoms with E-state index in [9.17, 15) is 4.79 Å². The molecule has 1 aromatic carbocycles. The van der Waals surface area contributed by atoms with Crippen molar-refractivity contribution in [2.45, 2.75) is 46.1 Å². The minimum atomic E-state index is -0.540. The Kier molecular flexibility index (Phi) is 4.62. The molecule has 1 amide bonds. The summed E-state index contributed by atoms with van der Waals surface area (Å²) < 4.78 is 10.6. The molecule has 3 N–H and O–H groups in total. The van der Waals surface area contributed by atoms with E-state index in [-0.39, 0.29) is 5.41 Å². The molecule has 0 aromatic heterocycles. The molecule has 0 saturated heterocycles. The van der Waals surface area contributed by atoms with Crippen molar-refractivity contribution in [3.63, 3.8) is 0 Å². The second-order valence-corrected chi connectivity index (χ2v) is 7.72. The highest BCUT2D eigenvalue weighted by atomic mass is 16.6. The van der Waals surface area contributed by atoms with E-state index < -0.39 is 11.7 Å². The van der Waals surface area contributed by atoms with Crippen molar-refractivity contribution in [2.24, 2.45) is 17.1 Å². The monoisotopic (exact) mass is 320 g/mol. The van der Waals surface area contributed by atoms with Crippen molar-refractivity contribution in [1.82, 2.24) is 0 Å². The van der Waals surface area contributed by atoms with Crippen molar-refractivity contribution in [3.8, 4) is 5.75 Å². The van der Waals surface area contributed by atoms with E-state index >= 15 is 0 Å². The van der Waals surface area contributed by atoms with Crippen LogP contribution in [0.4, 0.5) is 10.5 Å². The van der Waals surface area contributed by atoms with Gasteiger partial charge in [-0.2, -0.15) is 0 Å². The molecule has 0 spiro atoms. The van der Waals surface area contributed by atoms with Gasteiger partial charge in [0.2, 0.25) is 0 Å². The van der Waals surface area contributed by atoms with Crippen molar-refractivity contribution >= 4 is 11.8 Å². The highest BCUT2D eigenvalue weighted by Gasteiger charge is 2.57. The number of anilines is 1. The van der Waals surface area contributed by atoms with Gasteiger partial charge in [-0.1, -0.05) is 19.9 Å². The number of nitrogens with two attached hydrogens (primary N) is 1. The summed E-state index contributed by atoms with van der Waals surface area (Å²) in [6.45, 7) is 10.6. The van der Waals surface area contributed by atoms with Gasteiger partial charge < -0.3 is 15.2 Å². The van der Waals surface area contributed by atoms with Crippen molar-refractivity contribution in [1.29, 1.82) is 0 Å². The Morgan fingerprint density at radius 2 is 2.00 bits per heavy atom. The number of amides is 1. The quantitative estimate of drug-likeness (QED) is 0.886. The van der Waals surface area contributed by atoms with Crippen LogP contribution in [-0.2, 0) is 4.74 Å². The number of methoxy groups -OCH3 is 1. The number of benzene rings is 1. The fraction of sp³-hybridized carbons (Fsp3) is 0.611. The fourth-order valence-electron chi connectivity index (χ4n) is 3.26. The van der Waals surface area contributed by atoms with E-state index in [1.807, 2.05) is 39.0 Å². The van der Waals surface area contributed by atoms with Gasteiger partial charge in [0, 0.05) is 6.07 Å². The molecule has 128 valence electrons. The SMILES string of the molecule is COc1ccc([C@@H]2[C@@H](CN)C2(C)C)c(NC(=O)OC(C)(C)C)c1. The van der Waals surface area contributed by atoms with Crippen molar-refractivity contribution < 1.29 is 14.3 Å². The van der Waals surface area contributed by atoms with Crippen LogP contribution >= 0.6 is 0 Å². The molecule has 23 heavy (non-hydrogen) atoms. The van der Waals surface area contributed by atoms with Gasteiger partial charge in [-0.05, 0) is 56.2 Å². The lowest BCUT2D eigenvalue weighted by molar-refractivity contribution is 0.0635. The maximum absolute atomic E-state index is 12.1. The molecule has 0 aliphatic heterocycles. The number of carbonyl (C=O) groups is 1. The number of rotatable bonds is 4. The van der Waals surface area contributed by atoms with Crippen LogP contribution in [0.15, 0.2) is 18.2 Å². The predicted molar refractivity (Wildman–Crippen MR) is 91.9 cm³/mol. The highest BCUT2D eigenvalue weighted by molar-refractivity contribution is 5.86. The first-order valence-corrected chi connectivity index (χ1v) is 7.98. The van der Waals surface area contributed by atoms with E-state index in [1.54, 1.807) is 7.11 Å². The zero-order valence-electron chi connectivity index (χ0n) is 14.9. The molecule has 2 rings (SSSR count). The molecule has 0 heterocycles. The van der Waals surface area contributed by atoms with E-state index in [2.05, 4.69) is 19.2 Å². The third-order valence-electron chi connectivity index (χ3n) is 4.54. The van der Waals surface area contributed by atoms with Crippen LogP contribution in [-0.4, -0.2) is 25.3 Å². The summed E-state index contributed by atoms with van der Waals surface area (Å²) in [5.74, 6) is 1.43. The highest BCUT2D eigenvalue weighted by Crippen LogP contribution is 2.65. The molecular weight excluding hydrogens is 292 g/mol. The van der Waals surface area contributed by atoms with E-state index in [4.69, 9.17) is 15.2 Å². The number of ether oxygens (including phenoxy) is 2. The van der Waals surface area contributed by atoms with Gasteiger partial charge in [0.15, 0.2) is 0 Å². The first-order chi connectivity index (χ1) is 10.6. The molecule has 0 bridgehead atoms. The Balaban J connectivity index is 2.28. The maximum Gasteiger partial charge on any atom is 0.412 e. The van der Waals surface area contributed by atoms with Gasteiger partial charge in [-0.3, -0.25) is 5.32 Å². The lowest BCUT2D eigenvalue weighted by Gasteiger charge is -2.21. The molecule has 1 fully saturated rings. The second-order valence-electron chi connectivity index (χ2n) is 7.72. The van der Waals surface area contributed by atoms with Crippen LogP contribution in [0.25, 0.3) is 0 Å². The Morgan fingerprint density at radius 3 is 2.48 bits per heavy atom. The van der Waals surface area contributed by atoms with Gasteiger partial charge in [0.25, 0.3) is 0 Å². The number of nitrogens with one attached hydrogen (secondary N) is 1. The van der Waals surface area contributed by atoms with Gasteiger partial charge >= 0.3 is 6.09 Å². The minimum Gasteiger partial charge on any atom is -0.497 e. The fourth-order valence-corrected chi connectivity index (χ4v) is 3.26. The van der Waals surface area contributed by atoms with E-state index in [0.717, 1.165) is 11.3 Å². The molecule has 1 aromatic rings. The van der Waals surface area contributed by atoms with Gasteiger partial charge in [-0.15, -0.1) is 0 Å². The number of carbonyl (C=O) groups excluding carboxylic acids is 1. The standard InChI is InChI=1S/C18H28N2O3/c1-17(2,3)23-16(21)20-14-9-11(22-6)7-8-12(14)15-13(10-19)18(15,4)5/h7-9,13,15H,10,19H2,1-6H3,(H,20,21)/t13-,15-/m1/s1. The summed E-state index contributed by atoms with van der Waals surface area (Å²) in [5.41, 5.74) is 7.29. The van der Waals surface area contributed by atoms with Gasteiger partial charge in [0.05, 0.1) is 12.8 Å². The normalized spacial score (nSPS) is 22.4. The summed E-state index contributed by atoms with van der Waals surface area (Å²) in [6, 6.07) is 5.76. The summed E-state index contributed by atoms with van der Waals surface area (Å²) in [6.07, 6.45) is -0.463. The molecular formula is C18H28N2O3. The Hall–Kier alpha value is -1.75. The molecule has 0 unspecified atom stereocenters. The summed E-state index contributed by atoms with van der Waals surface area (Å²) in [4.78, 5) is 12.1. The Labute approximate surface area is 138 Å². The van der Waals surface area contributed by atoms with E-state index in [1.165, 1.54) is 0 Å². The lowest BCUT2D eigenvalue weighted by atomic mass is 10.0. The maximum atomic E-state index is 12.1. The third-order valence-corrected chi connectivity index (χ3v) is 4.54. The first kappa shape index (κ1) is 17.6. The summed E-state index contributed by atoms with van der Waals surface area (Å²) in [5, 5.41) is 2.86. The van der Waals surface area contributed by atoms with Gasteiger partial charge in [-0.25, -0.2) is 4.79 Å². The average Bonchev–Trinajstić information content (AvgIpc) is 2.97. The third kappa shape index (κ3) is 3.78. The van der Waals surface area contributed by atoms with Crippen LogP contribution in [0.2, 0.25) is 0 Å². The minimum absolute atomic E-state index is 0.133. The zero-order chi connectivity index (χ0) is 17.4. The number of hydrogen-bond acceptors (Lipinski definition) is 4. The summed E-state index contributed by atoms with van der Waals surface area (Å²) in [7, 11) is 1.61. The molecule has 5 nitrogen and oxygen atoms in total. The van der Waals surface area contributed by atoms with E-state index in [0.29, 0.717) is 24.1 Å². The van der Waals surface area contributed by atoms with Crippen LogP contribution in [0.3, 0.4) is 0 Å². The van der Waals surface area contributed by atoms with Crippen LogP contribution in [0.5, 0.6) is 5.75 Å². The summed E-state index contributed by atoms with van der Waals surface area (Å²) >= 11 is 0. The predicted octanol–water partition coefficient (Wildman–Crippen LogP) is 3.74. The largest absolute Gasteiger partial charge is 0.497 e. The lowest BCUT2D eigenvalue weighted by Crippen LogP contribution is -2.27. The average molecular weight is 320 g/mol. The van der Waals surface area contributed by atoms with Gasteiger partial charge in [0.1, 0.15) is 11.4 Å². The molecule has 0 radical (unpaired) electrons. The molecule has 1 aliphatic rings. The Bertz CT molecular complexity index is 590. The molecule has 2 atom stereocenters. The molecule has 5 heteroatoms. The molecule has 1 saturated carbocycles. The number of hydrogen-bond donors (Lipinski definition) is 2. The van der Waals surface area contributed by atoms with Crippen LogP contribution in [0, 0.1) is 11.3 Å². The first-order valence-electron chi connectivity index (χ1n) is 7.98. The zero-order valence-corrected chi connectivity index (χ0v) is 14.9. The van der Waals surface area contributed by atoms with Crippen molar-refractivity contribution in [2.75, 3.05) is 19.0 Å². The Morgan fingerprint density at radius 1 is 1.35 bits per heavy atom. The van der Waals surface area contributed by atoms with Crippen LogP contribution < -0.4 is 15.8 Å². The van der Waals surface area contributed by atoms with Crippen molar-refractivity contribution in [3.05, 3.63) is 23.8 Å². The topological polar surface area (TPSA) is 73.6 Å².